The molecule has 1 radical (unpaired) electrons. The molecule has 1 aromatic rings. The minimum Gasteiger partial charge on any atom is -0.356 e. The van der Waals surface area contributed by atoms with Gasteiger partial charge in [-0.05, 0) is 13.3 Å². The van der Waals surface area contributed by atoms with E-state index in [1.807, 2.05) is 11.5 Å². The van der Waals surface area contributed by atoms with Gasteiger partial charge in [-0.3, -0.25) is 4.79 Å². The van der Waals surface area contributed by atoms with Gasteiger partial charge in [0.05, 0.1) is 6.33 Å². The van der Waals surface area contributed by atoms with Gasteiger partial charge in [0.15, 0.2) is 0 Å². The summed E-state index contributed by atoms with van der Waals surface area (Å²) < 4.78 is 1.92. The molecule has 4 nitrogen and oxygen atoms in total. The Morgan fingerprint density at radius 1 is 1.69 bits per heavy atom. The van der Waals surface area contributed by atoms with E-state index in [9.17, 15) is 4.79 Å². The summed E-state index contributed by atoms with van der Waals surface area (Å²) in [6, 6.07) is 0. The summed E-state index contributed by atoms with van der Waals surface area (Å²) in [5, 5.41) is 2.75. The van der Waals surface area contributed by atoms with Crippen molar-refractivity contribution in [2.75, 3.05) is 6.54 Å². The molecule has 1 amide bonds. The van der Waals surface area contributed by atoms with Crippen LogP contribution in [0.15, 0.2) is 12.5 Å². The predicted octanol–water partition coefficient (Wildman–Crippen LogP) is 0.600. The number of hydrogen-bond acceptors (Lipinski definition) is 2. The fourth-order valence-corrected chi connectivity index (χ4v) is 1.08. The molecule has 0 saturated heterocycles. The number of aromatic nitrogens is 2. The van der Waals surface area contributed by atoms with Gasteiger partial charge in [-0.15, -0.1) is 0 Å². The fourth-order valence-electron chi connectivity index (χ4n) is 1.08. The number of amides is 1. The van der Waals surface area contributed by atoms with Crippen LogP contribution in [0.5, 0.6) is 0 Å². The molecule has 0 saturated carbocycles. The Balaban J connectivity index is 2.11. The molecule has 0 aromatic carbocycles. The molecular formula is C9H14N3O. The lowest BCUT2D eigenvalue weighted by atomic mass is 10.3. The van der Waals surface area contributed by atoms with E-state index in [2.05, 4.69) is 16.5 Å². The molecule has 0 spiro atoms. The Morgan fingerprint density at radius 2 is 2.54 bits per heavy atom. The first kappa shape index (κ1) is 9.77. The summed E-state index contributed by atoms with van der Waals surface area (Å²) >= 11 is 0. The number of carbonyl (C=O) groups is 1. The summed E-state index contributed by atoms with van der Waals surface area (Å²) in [6.07, 6.45) is 7.61. The molecule has 0 unspecified atom stereocenters. The summed E-state index contributed by atoms with van der Waals surface area (Å²) in [4.78, 5) is 14.8. The van der Waals surface area contributed by atoms with Gasteiger partial charge in [-0.2, -0.15) is 0 Å². The quantitative estimate of drug-likeness (QED) is 0.721. The second-order valence-corrected chi connectivity index (χ2v) is 2.80. The normalized spacial score (nSPS) is 9.92. The van der Waals surface area contributed by atoms with Crippen LogP contribution in [-0.4, -0.2) is 22.0 Å². The van der Waals surface area contributed by atoms with E-state index in [0.29, 0.717) is 13.0 Å². The molecule has 71 valence electrons. The second-order valence-electron chi connectivity index (χ2n) is 2.80. The number of aryl methyl sites for hydroxylation is 1. The van der Waals surface area contributed by atoms with Crippen LogP contribution >= 0.6 is 0 Å². The Bertz CT molecular complexity index is 243. The SMILES string of the molecule is CCNC(=O)CCCn1c[c]nc1. The van der Waals surface area contributed by atoms with E-state index in [1.54, 1.807) is 12.5 Å². The van der Waals surface area contributed by atoms with Gasteiger partial charge in [0.1, 0.15) is 6.20 Å². The first-order valence-corrected chi connectivity index (χ1v) is 4.47. The minimum atomic E-state index is 0.117. The van der Waals surface area contributed by atoms with Crippen molar-refractivity contribution in [3.8, 4) is 0 Å². The molecule has 0 fully saturated rings. The van der Waals surface area contributed by atoms with Crippen LogP contribution in [-0.2, 0) is 11.3 Å². The standard InChI is InChI=1S/C9H14N3O/c1-2-11-9(13)4-3-6-12-7-5-10-8-12/h7-8H,2-4,6H2,1H3,(H,11,13). The highest BCUT2D eigenvalue weighted by Gasteiger charge is 1.98. The molecule has 0 aliphatic carbocycles. The Hall–Kier alpha value is -1.32. The van der Waals surface area contributed by atoms with Crippen molar-refractivity contribution < 1.29 is 4.79 Å². The van der Waals surface area contributed by atoms with Crippen LogP contribution < -0.4 is 5.32 Å². The third kappa shape index (κ3) is 3.73. The third-order valence-corrected chi connectivity index (χ3v) is 1.70. The molecule has 1 aromatic heterocycles. The molecule has 0 bridgehead atoms. The smallest absolute Gasteiger partial charge is 0.220 e. The first-order chi connectivity index (χ1) is 6.33. The van der Waals surface area contributed by atoms with Crippen LogP contribution in [0, 0.1) is 6.20 Å². The van der Waals surface area contributed by atoms with Gasteiger partial charge < -0.3 is 9.88 Å². The highest BCUT2D eigenvalue weighted by molar-refractivity contribution is 5.75. The number of hydrogen-bond donors (Lipinski definition) is 1. The summed E-state index contributed by atoms with van der Waals surface area (Å²) in [6.45, 7) is 3.45. The molecule has 1 heterocycles. The van der Waals surface area contributed by atoms with E-state index in [0.717, 1.165) is 13.0 Å². The minimum absolute atomic E-state index is 0.117. The van der Waals surface area contributed by atoms with E-state index in [-0.39, 0.29) is 5.91 Å². The van der Waals surface area contributed by atoms with Crippen molar-refractivity contribution in [3.05, 3.63) is 18.7 Å². The highest BCUT2D eigenvalue weighted by atomic mass is 16.1. The molecular weight excluding hydrogens is 166 g/mol. The van der Waals surface area contributed by atoms with Gasteiger partial charge in [-0.25, -0.2) is 4.98 Å². The molecule has 4 heteroatoms. The number of nitrogens with one attached hydrogen (secondary N) is 1. The van der Waals surface area contributed by atoms with E-state index < -0.39 is 0 Å². The van der Waals surface area contributed by atoms with Crippen LogP contribution in [0.3, 0.4) is 0 Å². The summed E-state index contributed by atoms with van der Waals surface area (Å²) in [5.41, 5.74) is 0. The van der Waals surface area contributed by atoms with Gasteiger partial charge in [0.25, 0.3) is 0 Å². The largest absolute Gasteiger partial charge is 0.356 e. The topological polar surface area (TPSA) is 46.9 Å². The Morgan fingerprint density at radius 3 is 3.15 bits per heavy atom. The average molecular weight is 180 g/mol. The monoisotopic (exact) mass is 180 g/mol. The number of carbonyl (C=O) groups excluding carboxylic acids is 1. The maximum atomic E-state index is 11.0. The first-order valence-electron chi connectivity index (χ1n) is 4.47. The van der Waals surface area contributed by atoms with E-state index >= 15 is 0 Å². The third-order valence-electron chi connectivity index (χ3n) is 1.70. The van der Waals surface area contributed by atoms with Crippen LogP contribution in [0.2, 0.25) is 0 Å². The van der Waals surface area contributed by atoms with Gasteiger partial charge in [0, 0.05) is 25.7 Å². The molecule has 1 rings (SSSR count). The highest BCUT2D eigenvalue weighted by Crippen LogP contribution is 1.94. The number of rotatable bonds is 5. The second kappa shape index (κ2) is 5.35. The Labute approximate surface area is 78.0 Å². The molecule has 0 atom stereocenters. The van der Waals surface area contributed by atoms with Gasteiger partial charge in [0.2, 0.25) is 5.91 Å². The zero-order valence-electron chi connectivity index (χ0n) is 7.79. The van der Waals surface area contributed by atoms with Crippen LogP contribution in [0.1, 0.15) is 19.8 Å². The van der Waals surface area contributed by atoms with Crippen LogP contribution in [0.25, 0.3) is 0 Å². The molecule has 1 N–H and O–H groups in total. The predicted molar refractivity (Wildman–Crippen MR) is 49.0 cm³/mol. The van der Waals surface area contributed by atoms with Crippen molar-refractivity contribution in [2.45, 2.75) is 26.3 Å². The van der Waals surface area contributed by atoms with Crippen molar-refractivity contribution in [1.29, 1.82) is 0 Å². The van der Waals surface area contributed by atoms with Gasteiger partial charge >= 0.3 is 0 Å². The zero-order chi connectivity index (χ0) is 9.52. The van der Waals surface area contributed by atoms with Gasteiger partial charge in [-0.1, -0.05) is 0 Å². The number of nitrogens with zero attached hydrogens (tertiary/aromatic N) is 2. The Kier molecular flexibility index (Phi) is 4.02. The molecule has 13 heavy (non-hydrogen) atoms. The van der Waals surface area contributed by atoms with Crippen molar-refractivity contribution in [2.24, 2.45) is 0 Å². The lowest BCUT2D eigenvalue weighted by Gasteiger charge is -2.02. The van der Waals surface area contributed by atoms with Crippen LogP contribution in [0.4, 0.5) is 0 Å². The summed E-state index contributed by atoms with van der Waals surface area (Å²) in [7, 11) is 0. The zero-order valence-corrected chi connectivity index (χ0v) is 7.79. The maximum absolute atomic E-state index is 11.0. The maximum Gasteiger partial charge on any atom is 0.220 e. The molecule has 0 aliphatic heterocycles. The lowest BCUT2D eigenvalue weighted by Crippen LogP contribution is -2.22. The fraction of sp³-hybridized carbons (Fsp3) is 0.556. The number of imidazole rings is 1. The molecule has 0 aliphatic rings. The van der Waals surface area contributed by atoms with E-state index in [1.165, 1.54) is 0 Å². The van der Waals surface area contributed by atoms with Crippen molar-refractivity contribution in [3.63, 3.8) is 0 Å². The van der Waals surface area contributed by atoms with E-state index in [4.69, 9.17) is 0 Å². The van der Waals surface area contributed by atoms with Crippen molar-refractivity contribution >= 4 is 5.91 Å². The lowest BCUT2D eigenvalue weighted by molar-refractivity contribution is -0.121. The van der Waals surface area contributed by atoms with Crippen molar-refractivity contribution in [1.82, 2.24) is 14.9 Å². The average Bonchev–Trinajstić information content (AvgIpc) is 2.57. The summed E-state index contributed by atoms with van der Waals surface area (Å²) in [5.74, 6) is 0.117.